The van der Waals surface area contributed by atoms with Crippen LogP contribution in [-0.4, -0.2) is 20.4 Å². The van der Waals surface area contributed by atoms with Crippen LogP contribution in [0.1, 0.15) is 250 Å². The number of benzene rings is 6. The molecular formula is C68H86O10P2. The lowest BCUT2D eigenvalue weighted by atomic mass is 9.76. The van der Waals surface area contributed by atoms with Crippen LogP contribution in [0.25, 0.3) is 0 Å². The van der Waals surface area contributed by atoms with Gasteiger partial charge < -0.3 is 47.6 Å². The number of hydrogen-bond donors (Lipinski definition) is 4. The molecule has 0 aromatic heterocycles. The Hall–Kier alpha value is -5.82. The second-order valence-electron chi connectivity index (χ2n) is 22.4. The highest BCUT2D eigenvalue weighted by atomic mass is 31.2. The minimum Gasteiger partial charge on any atom is -0.508 e. The zero-order valence-corrected chi connectivity index (χ0v) is 49.6. The fraction of sp³-hybridized carbons (Fsp3) is 0.471. The van der Waals surface area contributed by atoms with Crippen molar-refractivity contribution in [3.63, 3.8) is 0 Å². The van der Waals surface area contributed by atoms with Gasteiger partial charge >= 0.3 is 17.2 Å². The Morgan fingerprint density at radius 1 is 0.312 bits per heavy atom. The average Bonchev–Trinajstić information content (AvgIpc) is 3.45. The molecule has 0 saturated carbocycles. The Morgan fingerprint density at radius 2 is 0.550 bits per heavy atom. The molecule has 2 heterocycles. The number of aromatic hydroxyl groups is 4. The van der Waals surface area contributed by atoms with Crippen molar-refractivity contribution < 1.29 is 47.6 Å². The lowest BCUT2D eigenvalue weighted by Crippen LogP contribution is -2.16. The number of fused-ring (bicyclic) bond motifs is 4. The van der Waals surface area contributed by atoms with Crippen molar-refractivity contribution >= 4 is 17.2 Å². The molecule has 0 atom stereocenters. The number of para-hydroxylation sites is 2. The van der Waals surface area contributed by atoms with E-state index < -0.39 is 29.0 Å². The van der Waals surface area contributed by atoms with Crippen molar-refractivity contribution in [1.82, 2.24) is 0 Å². The van der Waals surface area contributed by atoms with E-state index in [1.165, 1.54) is 0 Å². The van der Waals surface area contributed by atoms with Crippen molar-refractivity contribution in [3.05, 3.63) is 154 Å². The Bertz CT molecular complexity index is 2590. The summed E-state index contributed by atoms with van der Waals surface area (Å²) >= 11 is 0. The monoisotopic (exact) mass is 1120 g/mol. The van der Waals surface area contributed by atoms with Gasteiger partial charge in [-0.1, -0.05) is 193 Å². The van der Waals surface area contributed by atoms with Crippen molar-refractivity contribution in [2.24, 2.45) is 0 Å². The minimum absolute atomic E-state index is 0.0589. The molecule has 0 radical (unpaired) electrons. The number of rotatable bonds is 28. The molecule has 3 aliphatic rings. The standard InChI is InChI=1S/C68H86O10P2/c1-5-9-13-17-27-35-49-53-39-57-51(37-29-19-15-11-7-3)59-41-55(63(71)45-67(59)77-79(75-65(57)43-61(53)69)73-47-31-23-21-24-32-47)50(36-28-18-14-10-6-2)56-42-60-52(38-30-20-16-12-8-4)58-40-54(49)62(70)44-66(58)76-80(78-68(60)46-64(56)72)74-48-33-25-22-26-34-48/h21-26,31-34,39-46,49-52,69-72H,5-20,27-30,35-38H2,1-4H3. The molecule has 80 heavy (non-hydrogen) atoms. The Labute approximate surface area is 479 Å². The fourth-order valence-corrected chi connectivity index (χ4v) is 14.3. The first-order valence-corrected chi connectivity index (χ1v) is 32.6. The first-order chi connectivity index (χ1) is 39.2. The third kappa shape index (κ3) is 14.6. The average molecular weight is 1130 g/mol. The van der Waals surface area contributed by atoms with E-state index >= 15 is 0 Å². The van der Waals surface area contributed by atoms with Gasteiger partial charge in [-0.25, -0.2) is 0 Å². The van der Waals surface area contributed by atoms with E-state index in [-0.39, 0.29) is 34.8 Å². The van der Waals surface area contributed by atoms with E-state index in [0.29, 0.717) is 69.6 Å². The quantitative estimate of drug-likeness (QED) is 0.0278. The molecule has 1 aliphatic carbocycles. The first kappa shape index (κ1) is 58.8. The highest BCUT2D eigenvalue weighted by Gasteiger charge is 2.39. The summed E-state index contributed by atoms with van der Waals surface area (Å²) < 4.78 is 40.7. The molecule has 0 unspecified atom stereocenters. The van der Waals surface area contributed by atoms with Crippen molar-refractivity contribution in [2.45, 2.75) is 205 Å². The minimum atomic E-state index is -2.18. The smallest absolute Gasteiger partial charge is 0.508 e. The molecule has 6 aromatic carbocycles. The van der Waals surface area contributed by atoms with E-state index in [1.54, 1.807) is 24.3 Å². The van der Waals surface area contributed by atoms with Crippen LogP contribution >= 0.6 is 17.2 Å². The van der Waals surface area contributed by atoms with Crippen molar-refractivity contribution in [1.29, 1.82) is 0 Å². The maximum absolute atomic E-state index is 12.7. The topological polar surface area (TPSA) is 136 Å². The van der Waals surface area contributed by atoms with Gasteiger partial charge in [0.05, 0.1) is 0 Å². The Morgan fingerprint density at radius 3 is 0.800 bits per heavy atom. The third-order valence-electron chi connectivity index (χ3n) is 16.6. The van der Waals surface area contributed by atoms with Gasteiger partial charge in [-0.2, -0.15) is 0 Å². The number of unbranched alkanes of at least 4 members (excludes halogenated alkanes) is 16. The maximum Gasteiger partial charge on any atom is 0.530 e. The number of phenols is 4. The highest BCUT2D eigenvalue weighted by Crippen LogP contribution is 2.59. The second kappa shape index (κ2) is 29.2. The van der Waals surface area contributed by atoms with Crippen LogP contribution in [0.2, 0.25) is 0 Å². The van der Waals surface area contributed by atoms with Gasteiger partial charge in [-0.05, 0) is 74.2 Å². The summed E-state index contributed by atoms with van der Waals surface area (Å²) in [6.45, 7) is 8.91. The molecule has 12 heteroatoms. The summed E-state index contributed by atoms with van der Waals surface area (Å²) in [5.74, 6) is 1.72. The third-order valence-corrected chi connectivity index (χ3v) is 18.7. The normalized spacial score (nSPS) is 18.8. The zero-order valence-electron chi connectivity index (χ0n) is 47.8. The highest BCUT2D eigenvalue weighted by molar-refractivity contribution is 7.43. The van der Waals surface area contributed by atoms with Crippen LogP contribution in [0.4, 0.5) is 0 Å². The molecule has 428 valence electrons. The molecule has 0 fully saturated rings. The lowest BCUT2D eigenvalue weighted by molar-refractivity contribution is 0.370. The first-order valence-electron chi connectivity index (χ1n) is 30.4. The molecule has 2 aliphatic heterocycles. The van der Waals surface area contributed by atoms with Gasteiger partial charge in [0, 0.05) is 92.4 Å². The molecular weight excluding hydrogens is 1040 g/mol. The van der Waals surface area contributed by atoms with Gasteiger partial charge in [-0.3, -0.25) is 0 Å². The molecule has 8 bridgehead atoms. The molecule has 0 amide bonds. The SMILES string of the molecule is CCCCCCCC1c2cc3c(cc2O)OP(Oc2ccccc2)Oc2cc(O)c(cc2C3CCCCCCC)C(CCCCCCC)c2cc3c(cc2O)OP(Oc2ccccc2)Oc2cc(O)c1cc2C3CCCCCCC. The van der Waals surface area contributed by atoms with E-state index in [1.807, 2.05) is 60.7 Å². The summed E-state index contributed by atoms with van der Waals surface area (Å²) in [5.41, 5.74) is 6.34. The summed E-state index contributed by atoms with van der Waals surface area (Å²) in [6.07, 6.45) is 23.9. The predicted molar refractivity (Wildman–Crippen MR) is 324 cm³/mol. The predicted octanol–water partition coefficient (Wildman–Crippen LogP) is 20.9. The van der Waals surface area contributed by atoms with E-state index in [9.17, 15) is 20.4 Å². The van der Waals surface area contributed by atoms with E-state index in [2.05, 4.69) is 52.0 Å². The Balaban J connectivity index is 1.33. The van der Waals surface area contributed by atoms with Gasteiger partial charge in [0.25, 0.3) is 0 Å². The van der Waals surface area contributed by atoms with Crippen LogP contribution in [0.3, 0.4) is 0 Å². The Kier molecular flexibility index (Phi) is 21.5. The zero-order chi connectivity index (χ0) is 55.8. The second-order valence-corrected chi connectivity index (χ2v) is 24.4. The van der Waals surface area contributed by atoms with Crippen LogP contribution < -0.4 is 27.1 Å². The van der Waals surface area contributed by atoms with E-state index in [0.717, 1.165) is 164 Å². The summed E-state index contributed by atoms with van der Waals surface area (Å²) in [4.78, 5) is 0. The van der Waals surface area contributed by atoms with Gasteiger partial charge in [0.2, 0.25) is 0 Å². The molecule has 6 aromatic rings. The molecule has 9 rings (SSSR count). The number of phenolic OH excluding ortho intramolecular Hbond substituents is 4. The van der Waals surface area contributed by atoms with E-state index in [4.69, 9.17) is 27.1 Å². The maximum atomic E-state index is 12.7. The molecule has 10 nitrogen and oxygen atoms in total. The molecule has 4 N–H and O–H groups in total. The van der Waals surface area contributed by atoms with Crippen molar-refractivity contribution in [3.8, 4) is 57.5 Å². The number of hydrogen-bond acceptors (Lipinski definition) is 10. The van der Waals surface area contributed by atoms with Crippen LogP contribution in [0.5, 0.6) is 57.5 Å². The van der Waals surface area contributed by atoms with Crippen LogP contribution in [0.15, 0.2) is 109 Å². The summed E-state index contributed by atoms with van der Waals surface area (Å²) in [7, 11) is -4.36. The summed E-state index contributed by atoms with van der Waals surface area (Å²) in [5, 5.41) is 50.9. The summed E-state index contributed by atoms with van der Waals surface area (Å²) in [6, 6.07) is 34.4. The van der Waals surface area contributed by atoms with Gasteiger partial charge in [0.1, 0.15) is 57.5 Å². The fourth-order valence-electron chi connectivity index (χ4n) is 12.2. The van der Waals surface area contributed by atoms with Crippen molar-refractivity contribution in [2.75, 3.05) is 0 Å². The van der Waals surface area contributed by atoms with Gasteiger partial charge in [0.15, 0.2) is 0 Å². The molecule has 0 saturated heterocycles. The largest absolute Gasteiger partial charge is 0.530 e. The van der Waals surface area contributed by atoms with Crippen LogP contribution in [-0.2, 0) is 0 Å². The lowest BCUT2D eigenvalue weighted by Gasteiger charge is -2.33. The van der Waals surface area contributed by atoms with Gasteiger partial charge in [-0.15, -0.1) is 0 Å². The molecule has 0 spiro atoms. The van der Waals surface area contributed by atoms with Crippen LogP contribution in [0, 0.1) is 0 Å².